The van der Waals surface area contributed by atoms with Gasteiger partial charge < -0.3 is 14.5 Å². The third-order valence-corrected chi connectivity index (χ3v) is 4.86. The maximum absolute atomic E-state index is 12.4. The molecule has 0 radical (unpaired) electrons. The van der Waals surface area contributed by atoms with Crippen LogP contribution in [0.4, 0.5) is 5.69 Å². The van der Waals surface area contributed by atoms with Gasteiger partial charge >= 0.3 is 0 Å². The fraction of sp³-hybridized carbons (Fsp3) is 0.200. The predicted molar refractivity (Wildman–Crippen MR) is 107 cm³/mol. The number of amides is 1. The maximum Gasteiger partial charge on any atom is 0.277 e. The molecule has 0 saturated heterocycles. The molecule has 3 aromatic rings. The van der Waals surface area contributed by atoms with Crippen molar-refractivity contribution in [3.63, 3.8) is 0 Å². The van der Waals surface area contributed by atoms with E-state index in [-0.39, 0.29) is 11.7 Å². The molecular weight excluding hydrogens is 378 g/mol. The number of nitrogens with one attached hydrogen (secondary N) is 1. The Balaban J connectivity index is 1.63. The summed E-state index contributed by atoms with van der Waals surface area (Å²) in [7, 11) is 1.60. The molecule has 0 spiro atoms. The number of thioether (sulfide) groups is 1. The fourth-order valence-corrected chi connectivity index (χ4v) is 3.06. The summed E-state index contributed by atoms with van der Waals surface area (Å²) in [5.41, 5.74) is 1.87. The van der Waals surface area contributed by atoms with Gasteiger partial charge in [-0.2, -0.15) is 0 Å². The molecule has 2 aromatic carbocycles. The second-order valence-electron chi connectivity index (χ2n) is 5.99. The van der Waals surface area contributed by atoms with E-state index in [1.165, 1.54) is 6.92 Å². The lowest BCUT2D eigenvalue weighted by Gasteiger charge is -2.10. The lowest BCUT2D eigenvalue weighted by atomic mass is 10.1. The van der Waals surface area contributed by atoms with E-state index in [4.69, 9.17) is 9.15 Å². The minimum atomic E-state index is -0.467. The Kier molecular flexibility index (Phi) is 6.10. The maximum atomic E-state index is 12.4. The second-order valence-corrected chi connectivity index (χ2v) is 7.28. The average Bonchev–Trinajstić information content (AvgIpc) is 3.16. The number of aromatic nitrogens is 2. The number of anilines is 1. The first-order valence-electron chi connectivity index (χ1n) is 8.52. The normalized spacial score (nSPS) is 11.7. The zero-order chi connectivity index (χ0) is 20.1. The van der Waals surface area contributed by atoms with Crippen LogP contribution in [0.1, 0.15) is 24.2 Å². The molecular formula is C20H19N3O4S. The van der Waals surface area contributed by atoms with Crippen LogP contribution in [0, 0.1) is 0 Å². The van der Waals surface area contributed by atoms with Crippen LogP contribution in [0.15, 0.2) is 58.2 Å². The summed E-state index contributed by atoms with van der Waals surface area (Å²) in [4.78, 5) is 23.9. The first-order chi connectivity index (χ1) is 13.5. The Morgan fingerprint density at radius 1 is 1.14 bits per heavy atom. The van der Waals surface area contributed by atoms with Gasteiger partial charge in [-0.1, -0.05) is 23.9 Å². The number of carbonyl (C=O) groups is 2. The number of nitrogens with zero attached hydrogens (tertiary/aromatic N) is 2. The van der Waals surface area contributed by atoms with Crippen molar-refractivity contribution < 1.29 is 18.7 Å². The van der Waals surface area contributed by atoms with Crippen LogP contribution in [0.2, 0.25) is 0 Å². The zero-order valence-electron chi connectivity index (χ0n) is 15.6. The molecule has 0 bridgehead atoms. The van der Waals surface area contributed by atoms with Crippen molar-refractivity contribution in [2.24, 2.45) is 0 Å². The molecule has 7 nitrogen and oxygen atoms in total. The monoisotopic (exact) mass is 397 g/mol. The summed E-state index contributed by atoms with van der Waals surface area (Å²) >= 11 is 1.16. The van der Waals surface area contributed by atoms with Gasteiger partial charge in [0, 0.05) is 16.8 Å². The average molecular weight is 397 g/mol. The van der Waals surface area contributed by atoms with E-state index in [2.05, 4.69) is 15.5 Å². The largest absolute Gasteiger partial charge is 0.497 e. The molecule has 0 fully saturated rings. The Labute approximate surface area is 166 Å². The number of methoxy groups -OCH3 is 1. The van der Waals surface area contributed by atoms with Crippen LogP contribution in [-0.2, 0) is 4.79 Å². The van der Waals surface area contributed by atoms with Crippen LogP contribution in [-0.4, -0.2) is 34.2 Å². The molecule has 0 aliphatic heterocycles. The third kappa shape index (κ3) is 4.77. The number of ether oxygens (including phenoxy) is 1. The van der Waals surface area contributed by atoms with Crippen LogP contribution >= 0.6 is 11.8 Å². The van der Waals surface area contributed by atoms with E-state index in [1.807, 2.05) is 12.1 Å². The standard InChI is InChI=1S/C20H19N3O4S/c1-12(24)15-5-4-6-16(11-15)21-18(25)13(2)28-20-23-22-19(27-20)14-7-9-17(26-3)10-8-14/h4-11,13H,1-3H3,(H,21,25)/t13-/m0/s1. The number of benzene rings is 2. The first kappa shape index (κ1) is 19.6. The number of rotatable bonds is 7. The van der Waals surface area contributed by atoms with Gasteiger partial charge in [0.25, 0.3) is 5.22 Å². The van der Waals surface area contributed by atoms with Crippen molar-refractivity contribution >= 4 is 29.1 Å². The van der Waals surface area contributed by atoms with E-state index in [9.17, 15) is 9.59 Å². The summed E-state index contributed by atoms with van der Waals surface area (Å²) < 4.78 is 10.8. The van der Waals surface area contributed by atoms with Crippen molar-refractivity contribution in [3.8, 4) is 17.2 Å². The lowest BCUT2D eigenvalue weighted by Crippen LogP contribution is -2.22. The number of ketones is 1. The van der Waals surface area contributed by atoms with Gasteiger partial charge in [-0.05, 0) is 50.2 Å². The van der Waals surface area contributed by atoms with E-state index in [0.717, 1.165) is 23.1 Å². The number of Topliss-reactive ketones (excluding diaryl/α,β-unsaturated/α-hetero) is 1. The highest BCUT2D eigenvalue weighted by Gasteiger charge is 2.19. The summed E-state index contributed by atoms with van der Waals surface area (Å²) in [6, 6.07) is 14.0. The molecule has 1 atom stereocenters. The van der Waals surface area contributed by atoms with Crippen molar-refractivity contribution in [1.29, 1.82) is 0 Å². The summed E-state index contributed by atoms with van der Waals surface area (Å²) in [6.07, 6.45) is 0. The highest BCUT2D eigenvalue weighted by Crippen LogP contribution is 2.27. The highest BCUT2D eigenvalue weighted by molar-refractivity contribution is 8.00. The van der Waals surface area contributed by atoms with Gasteiger partial charge in [0.2, 0.25) is 11.8 Å². The van der Waals surface area contributed by atoms with Gasteiger partial charge in [-0.15, -0.1) is 10.2 Å². The Morgan fingerprint density at radius 3 is 2.57 bits per heavy atom. The van der Waals surface area contributed by atoms with E-state index < -0.39 is 5.25 Å². The molecule has 0 aliphatic rings. The molecule has 8 heteroatoms. The van der Waals surface area contributed by atoms with E-state index in [1.54, 1.807) is 50.4 Å². The van der Waals surface area contributed by atoms with Gasteiger partial charge in [-0.3, -0.25) is 9.59 Å². The first-order valence-corrected chi connectivity index (χ1v) is 9.40. The fourth-order valence-electron chi connectivity index (χ4n) is 2.37. The molecule has 3 rings (SSSR count). The zero-order valence-corrected chi connectivity index (χ0v) is 16.4. The van der Waals surface area contributed by atoms with Crippen molar-refractivity contribution in [2.75, 3.05) is 12.4 Å². The van der Waals surface area contributed by atoms with Crippen LogP contribution in [0.3, 0.4) is 0 Å². The van der Waals surface area contributed by atoms with E-state index in [0.29, 0.717) is 22.4 Å². The number of hydrogen-bond donors (Lipinski definition) is 1. The molecule has 0 unspecified atom stereocenters. The lowest BCUT2D eigenvalue weighted by molar-refractivity contribution is -0.115. The third-order valence-electron chi connectivity index (χ3n) is 3.93. The number of carbonyl (C=O) groups excluding carboxylic acids is 2. The van der Waals surface area contributed by atoms with Gasteiger partial charge in [-0.25, -0.2) is 0 Å². The van der Waals surface area contributed by atoms with Gasteiger partial charge in [0.1, 0.15) is 5.75 Å². The van der Waals surface area contributed by atoms with E-state index >= 15 is 0 Å². The summed E-state index contributed by atoms with van der Waals surface area (Å²) in [5.74, 6) is 0.814. The molecule has 28 heavy (non-hydrogen) atoms. The van der Waals surface area contributed by atoms with Gasteiger partial charge in [0.05, 0.1) is 12.4 Å². The molecule has 0 saturated carbocycles. The molecule has 1 amide bonds. The SMILES string of the molecule is COc1ccc(-c2nnc(S[C@@H](C)C(=O)Nc3cccc(C(C)=O)c3)o2)cc1. The molecule has 144 valence electrons. The summed E-state index contributed by atoms with van der Waals surface area (Å²) in [5, 5.41) is 10.6. The highest BCUT2D eigenvalue weighted by atomic mass is 32.2. The van der Waals surface area contributed by atoms with Crippen molar-refractivity contribution in [1.82, 2.24) is 10.2 Å². The van der Waals surface area contributed by atoms with Gasteiger partial charge in [0.15, 0.2) is 5.78 Å². The number of hydrogen-bond acceptors (Lipinski definition) is 7. The van der Waals surface area contributed by atoms with Crippen LogP contribution < -0.4 is 10.1 Å². The topological polar surface area (TPSA) is 94.3 Å². The molecule has 0 aliphatic carbocycles. The van der Waals surface area contributed by atoms with Crippen LogP contribution in [0.25, 0.3) is 11.5 Å². The minimum absolute atomic E-state index is 0.0598. The minimum Gasteiger partial charge on any atom is -0.497 e. The Bertz CT molecular complexity index is 985. The predicted octanol–water partition coefficient (Wildman–Crippen LogP) is 4.07. The Morgan fingerprint density at radius 2 is 1.89 bits per heavy atom. The Hall–Kier alpha value is -3.13. The second kappa shape index (κ2) is 8.71. The van der Waals surface area contributed by atoms with Crippen molar-refractivity contribution in [2.45, 2.75) is 24.3 Å². The quantitative estimate of drug-likeness (QED) is 0.474. The van der Waals surface area contributed by atoms with Crippen molar-refractivity contribution in [3.05, 3.63) is 54.1 Å². The molecule has 1 aromatic heterocycles. The summed E-state index contributed by atoms with van der Waals surface area (Å²) in [6.45, 7) is 3.22. The van der Waals surface area contributed by atoms with Crippen LogP contribution in [0.5, 0.6) is 5.75 Å². The molecule has 1 N–H and O–H groups in total. The molecule has 1 heterocycles. The smallest absolute Gasteiger partial charge is 0.277 e.